The topological polar surface area (TPSA) is 46.3 Å². The van der Waals surface area contributed by atoms with Crippen molar-refractivity contribution in [3.05, 3.63) is 23.9 Å². The predicted octanol–water partition coefficient (Wildman–Crippen LogP) is 2.55. The summed E-state index contributed by atoms with van der Waals surface area (Å²) in [4.78, 5) is 0. The number of para-hydroxylation sites is 1. The number of phenols is 1. The van der Waals surface area contributed by atoms with Crippen molar-refractivity contribution in [3.63, 3.8) is 0 Å². The highest BCUT2D eigenvalue weighted by Gasteiger charge is 2.37. The number of alkyl halides is 3. The highest BCUT2D eigenvalue weighted by molar-refractivity contribution is 5.84. The molecule has 6 heteroatoms. The maximum absolute atomic E-state index is 12.3. The molecule has 0 aliphatic carbocycles. The lowest BCUT2D eigenvalue weighted by Gasteiger charge is -2.00. The highest BCUT2D eigenvalue weighted by atomic mass is 19.4. The monoisotopic (exact) mass is 203 g/mol. The molecule has 14 heavy (non-hydrogen) atoms. The number of aromatic nitrogens is 1. The van der Waals surface area contributed by atoms with Crippen LogP contribution in [0.25, 0.3) is 11.0 Å². The van der Waals surface area contributed by atoms with Crippen LogP contribution in [0.5, 0.6) is 5.75 Å². The molecule has 1 aromatic heterocycles. The van der Waals surface area contributed by atoms with E-state index in [0.717, 1.165) is 0 Å². The summed E-state index contributed by atoms with van der Waals surface area (Å²) in [6.07, 6.45) is -4.57. The van der Waals surface area contributed by atoms with E-state index in [1.807, 2.05) is 0 Å². The van der Waals surface area contributed by atoms with Gasteiger partial charge in [-0.15, -0.1) is 0 Å². The lowest BCUT2D eigenvalue weighted by atomic mass is 10.2. The Morgan fingerprint density at radius 3 is 2.64 bits per heavy atom. The van der Waals surface area contributed by atoms with Crippen LogP contribution in [0, 0.1) is 0 Å². The maximum atomic E-state index is 12.3. The molecule has 0 atom stereocenters. The summed E-state index contributed by atoms with van der Waals surface area (Å²) in [7, 11) is 0. The van der Waals surface area contributed by atoms with Crippen molar-refractivity contribution in [2.45, 2.75) is 6.18 Å². The molecule has 0 bridgehead atoms. The van der Waals surface area contributed by atoms with Crippen LogP contribution in [0.1, 0.15) is 5.69 Å². The number of benzene rings is 1. The van der Waals surface area contributed by atoms with Crippen LogP contribution in [-0.4, -0.2) is 10.3 Å². The van der Waals surface area contributed by atoms with Gasteiger partial charge in [-0.3, -0.25) is 0 Å². The second kappa shape index (κ2) is 2.63. The van der Waals surface area contributed by atoms with Gasteiger partial charge in [0.1, 0.15) is 0 Å². The van der Waals surface area contributed by atoms with Gasteiger partial charge in [-0.25, -0.2) is 0 Å². The van der Waals surface area contributed by atoms with Crippen molar-refractivity contribution >= 4 is 11.0 Å². The van der Waals surface area contributed by atoms with Crippen LogP contribution in [-0.2, 0) is 6.18 Å². The SMILES string of the molecule is Oc1cccc2c(C(F)(F)F)noc12. The van der Waals surface area contributed by atoms with E-state index in [0.29, 0.717) is 0 Å². The van der Waals surface area contributed by atoms with E-state index in [4.69, 9.17) is 5.11 Å². The van der Waals surface area contributed by atoms with E-state index in [1.165, 1.54) is 18.2 Å². The van der Waals surface area contributed by atoms with Crippen molar-refractivity contribution < 1.29 is 22.8 Å². The Labute approximate surface area is 75.7 Å². The van der Waals surface area contributed by atoms with Crippen LogP contribution in [0.3, 0.4) is 0 Å². The average molecular weight is 203 g/mol. The number of hydrogen-bond acceptors (Lipinski definition) is 3. The Morgan fingerprint density at radius 2 is 2.00 bits per heavy atom. The van der Waals surface area contributed by atoms with Crippen LogP contribution in [0.4, 0.5) is 13.2 Å². The van der Waals surface area contributed by atoms with Gasteiger partial charge in [0.15, 0.2) is 11.4 Å². The average Bonchev–Trinajstić information content (AvgIpc) is 2.47. The van der Waals surface area contributed by atoms with E-state index in [2.05, 4.69) is 9.68 Å². The zero-order valence-corrected chi connectivity index (χ0v) is 6.67. The Bertz CT molecular complexity index is 475. The van der Waals surface area contributed by atoms with E-state index in [-0.39, 0.29) is 16.7 Å². The number of phenolic OH excluding ortho intramolecular Hbond substituents is 1. The number of fused-ring (bicyclic) bond motifs is 1. The summed E-state index contributed by atoms with van der Waals surface area (Å²) >= 11 is 0. The molecule has 0 spiro atoms. The standard InChI is InChI=1S/C8H4F3NO2/c9-8(10,11)7-4-2-1-3-5(13)6(4)14-12-7/h1-3,13H. The summed E-state index contributed by atoms with van der Waals surface area (Å²) < 4.78 is 41.2. The van der Waals surface area contributed by atoms with E-state index in [9.17, 15) is 13.2 Å². The van der Waals surface area contributed by atoms with Gasteiger partial charge in [-0.2, -0.15) is 13.2 Å². The Kier molecular flexibility index (Phi) is 1.67. The molecular weight excluding hydrogens is 199 g/mol. The second-order valence-electron chi connectivity index (χ2n) is 2.68. The summed E-state index contributed by atoms with van der Waals surface area (Å²) in [5.41, 5.74) is -1.37. The molecule has 1 N–H and O–H groups in total. The zero-order valence-electron chi connectivity index (χ0n) is 6.67. The molecule has 0 saturated heterocycles. The summed E-state index contributed by atoms with van der Waals surface area (Å²) in [5, 5.41) is 11.8. The number of hydrogen-bond donors (Lipinski definition) is 1. The van der Waals surface area contributed by atoms with Crippen molar-refractivity contribution in [1.29, 1.82) is 0 Å². The molecule has 3 nitrogen and oxygen atoms in total. The van der Waals surface area contributed by atoms with Crippen molar-refractivity contribution in [2.75, 3.05) is 0 Å². The molecule has 2 rings (SSSR count). The molecule has 0 aliphatic rings. The third-order valence-electron chi connectivity index (χ3n) is 1.75. The third-order valence-corrected chi connectivity index (χ3v) is 1.75. The molecule has 0 fully saturated rings. The highest BCUT2D eigenvalue weighted by Crippen LogP contribution is 2.36. The Balaban J connectivity index is 2.76. The van der Waals surface area contributed by atoms with Crippen molar-refractivity contribution in [1.82, 2.24) is 5.16 Å². The van der Waals surface area contributed by atoms with Crippen LogP contribution in [0.2, 0.25) is 0 Å². The van der Waals surface area contributed by atoms with E-state index in [1.54, 1.807) is 0 Å². The smallest absolute Gasteiger partial charge is 0.437 e. The number of nitrogens with zero attached hydrogens (tertiary/aromatic N) is 1. The normalized spacial score (nSPS) is 12.2. The summed E-state index contributed by atoms with van der Waals surface area (Å²) in [6, 6.07) is 3.71. The number of rotatable bonds is 0. The lowest BCUT2D eigenvalue weighted by molar-refractivity contribution is -0.141. The van der Waals surface area contributed by atoms with Crippen LogP contribution >= 0.6 is 0 Å². The first kappa shape index (κ1) is 8.86. The fraction of sp³-hybridized carbons (Fsp3) is 0.125. The Hall–Kier alpha value is -1.72. The van der Waals surface area contributed by atoms with E-state index < -0.39 is 11.9 Å². The predicted molar refractivity (Wildman–Crippen MR) is 40.7 cm³/mol. The van der Waals surface area contributed by atoms with Gasteiger partial charge in [-0.1, -0.05) is 11.2 Å². The number of aromatic hydroxyl groups is 1. The van der Waals surface area contributed by atoms with Gasteiger partial charge in [-0.05, 0) is 12.1 Å². The third kappa shape index (κ3) is 1.19. The first-order chi connectivity index (χ1) is 6.50. The van der Waals surface area contributed by atoms with Crippen molar-refractivity contribution in [3.8, 4) is 5.75 Å². The fourth-order valence-electron chi connectivity index (χ4n) is 1.15. The molecule has 1 aromatic carbocycles. The fourth-order valence-corrected chi connectivity index (χ4v) is 1.15. The maximum Gasteiger partial charge on any atom is 0.437 e. The molecule has 0 unspecified atom stereocenters. The molecule has 0 radical (unpaired) electrons. The molecule has 1 heterocycles. The largest absolute Gasteiger partial charge is 0.504 e. The quantitative estimate of drug-likeness (QED) is 0.715. The second-order valence-corrected chi connectivity index (χ2v) is 2.68. The molecular formula is C8H4F3NO2. The molecule has 0 saturated carbocycles. The molecule has 0 aliphatic heterocycles. The van der Waals surface area contributed by atoms with Crippen molar-refractivity contribution in [2.24, 2.45) is 0 Å². The van der Waals surface area contributed by atoms with Gasteiger partial charge in [0.05, 0.1) is 5.39 Å². The number of halogens is 3. The van der Waals surface area contributed by atoms with Gasteiger partial charge >= 0.3 is 6.18 Å². The van der Waals surface area contributed by atoms with Gasteiger partial charge in [0.2, 0.25) is 5.58 Å². The van der Waals surface area contributed by atoms with E-state index >= 15 is 0 Å². The van der Waals surface area contributed by atoms with Crippen LogP contribution < -0.4 is 0 Å². The Morgan fingerprint density at radius 1 is 1.29 bits per heavy atom. The van der Waals surface area contributed by atoms with Gasteiger partial charge in [0, 0.05) is 0 Å². The first-order valence-corrected chi connectivity index (χ1v) is 3.64. The molecule has 0 amide bonds. The minimum Gasteiger partial charge on any atom is -0.504 e. The molecule has 74 valence electrons. The summed E-state index contributed by atoms with van der Waals surface area (Å²) in [5.74, 6) is -0.356. The van der Waals surface area contributed by atoms with Crippen LogP contribution in [0.15, 0.2) is 22.7 Å². The zero-order chi connectivity index (χ0) is 10.3. The molecule has 2 aromatic rings. The minimum absolute atomic E-state index is 0.238. The minimum atomic E-state index is -4.57. The summed E-state index contributed by atoms with van der Waals surface area (Å²) in [6.45, 7) is 0. The lowest BCUT2D eigenvalue weighted by Crippen LogP contribution is -2.05. The van der Waals surface area contributed by atoms with Gasteiger partial charge in [0.25, 0.3) is 0 Å². The van der Waals surface area contributed by atoms with Gasteiger partial charge < -0.3 is 9.63 Å². The first-order valence-electron chi connectivity index (χ1n) is 3.64.